The third-order valence-electron chi connectivity index (χ3n) is 1.63. The van der Waals surface area contributed by atoms with Crippen LogP contribution in [0.3, 0.4) is 0 Å². The molecule has 0 heterocycles. The minimum absolute atomic E-state index is 0.127. The molecule has 0 amide bonds. The summed E-state index contributed by atoms with van der Waals surface area (Å²) >= 11 is 0. The average molecular weight is 279 g/mol. The number of ketones is 1. The number of phenolic OH excluding ortho intramolecular Hbond substituents is 2. The van der Waals surface area contributed by atoms with Crippen LogP contribution in [0.1, 0.15) is 10.4 Å². The summed E-state index contributed by atoms with van der Waals surface area (Å²) in [7, 11) is -3.00. The molecule has 0 bridgehead atoms. The van der Waals surface area contributed by atoms with E-state index >= 15 is 0 Å². The Hall–Kier alpha value is -1.68. The van der Waals surface area contributed by atoms with Crippen molar-refractivity contribution in [2.45, 2.75) is 0 Å². The number of aromatic hydroxyl groups is 2. The highest BCUT2D eigenvalue weighted by molar-refractivity contribution is 7.79. The Morgan fingerprint density at radius 2 is 1.72 bits per heavy atom. The Morgan fingerprint density at radius 1 is 1.22 bits per heavy atom. The fourth-order valence-electron chi connectivity index (χ4n) is 0.960. The molecular formula is C9H13NO7S. The smallest absolute Gasteiger partial charge is 0.394 e. The molecule has 8 nitrogen and oxygen atoms in total. The van der Waals surface area contributed by atoms with Crippen LogP contribution in [0.4, 0.5) is 0 Å². The number of benzene rings is 1. The SMILES string of the molecule is CNCC(=O)c1ccc(O)c(O)c1.O=S(=O)(O)O. The molecule has 0 unspecified atom stereocenters. The first-order chi connectivity index (χ1) is 8.15. The summed E-state index contributed by atoms with van der Waals surface area (Å²) in [4.78, 5) is 11.3. The van der Waals surface area contributed by atoms with E-state index in [2.05, 4.69) is 5.32 Å². The van der Waals surface area contributed by atoms with Gasteiger partial charge in [-0.15, -0.1) is 0 Å². The zero-order chi connectivity index (χ0) is 14.3. The number of carbonyl (C=O) groups excluding carboxylic acids is 1. The van der Waals surface area contributed by atoms with E-state index in [0.717, 1.165) is 0 Å². The van der Waals surface area contributed by atoms with Crippen LogP contribution in [-0.2, 0) is 10.4 Å². The normalized spacial score (nSPS) is 10.4. The minimum atomic E-state index is -4.67. The predicted octanol–water partition coefficient (Wildman–Crippen LogP) is -0.153. The van der Waals surface area contributed by atoms with Gasteiger partial charge in [-0.05, 0) is 25.2 Å². The van der Waals surface area contributed by atoms with Crippen molar-refractivity contribution in [1.29, 1.82) is 0 Å². The maximum atomic E-state index is 11.3. The van der Waals surface area contributed by atoms with Gasteiger partial charge in [-0.2, -0.15) is 8.42 Å². The van der Waals surface area contributed by atoms with E-state index in [9.17, 15) is 4.79 Å². The molecule has 0 aliphatic rings. The topological polar surface area (TPSA) is 144 Å². The second-order valence-corrected chi connectivity index (χ2v) is 4.00. The quantitative estimate of drug-likeness (QED) is 0.292. The van der Waals surface area contributed by atoms with Gasteiger partial charge in [-0.3, -0.25) is 13.9 Å². The first-order valence-corrected chi connectivity index (χ1v) is 5.94. The lowest BCUT2D eigenvalue weighted by molar-refractivity contribution is 0.0993. The van der Waals surface area contributed by atoms with Crippen LogP contribution in [0, 0.1) is 0 Å². The minimum Gasteiger partial charge on any atom is -0.504 e. The van der Waals surface area contributed by atoms with Gasteiger partial charge in [0.25, 0.3) is 0 Å². The Labute approximate surface area is 103 Å². The highest BCUT2D eigenvalue weighted by atomic mass is 32.3. The number of likely N-dealkylation sites (N-methyl/N-ethyl adjacent to an activating group) is 1. The Bertz CT molecular complexity index is 504. The van der Waals surface area contributed by atoms with Crippen LogP contribution in [0.2, 0.25) is 0 Å². The standard InChI is InChI=1S/C9H11NO3.H2O4S/c1-10-5-9(13)6-2-3-7(11)8(12)4-6;1-5(2,3)4/h2-4,10-12H,5H2,1H3;(H2,1,2,3,4). The van der Waals surface area contributed by atoms with Crippen molar-refractivity contribution in [2.24, 2.45) is 0 Å². The monoisotopic (exact) mass is 279 g/mol. The molecule has 0 aliphatic carbocycles. The lowest BCUT2D eigenvalue weighted by Crippen LogP contribution is -2.18. The van der Waals surface area contributed by atoms with Crippen LogP contribution in [0.5, 0.6) is 11.5 Å². The molecule has 102 valence electrons. The van der Waals surface area contributed by atoms with Crippen LogP contribution in [0.25, 0.3) is 0 Å². The number of carbonyl (C=O) groups is 1. The number of hydrogen-bond acceptors (Lipinski definition) is 6. The van der Waals surface area contributed by atoms with Gasteiger partial charge in [0.05, 0.1) is 6.54 Å². The molecule has 0 saturated carbocycles. The number of rotatable bonds is 3. The van der Waals surface area contributed by atoms with Gasteiger partial charge < -0.3 is 15.5 Å². The van der Waals surface area contributed by atoms with Crippen LogP contribution >= 0.6 is 0 Å². The lowest BCUT2D eigenvalue weighted by Gasteiger charge is -2.01. The first kappa shape index (κ1) is 16.3. The fourth-order valence-corrected chi connectivity index (χ4v) is 0.960. The molecule has 1 aromatic rings. The van der Waals surface area contributed by atoms with E-state index in [1.54, 1.807) is 7.05 Å². The Kier molecular flexibility index (Phi) is 6.27. The largest absolute Gasteiger partial charge is 0.504 e. The van der Waals surface area contributed by atoms with Crippen molar-refractivity contribution >= 4 is 16.2 Å². The number of hydrogen-bond donors (Lipinski definition) is 5. The summed E-state index contributed by atoms with van der Waals surface area (Å²) in [6, 6.07) is 4.00. The van der Waals surface area contributed by atoms with Gasteiger partial charge in [0.2, 0.25) is 0 Å². The van der Waals surface area contributed by atoms with E-state index in [-0.39, 0.29) is 23.8 Å². The van der Waals surface area contributed by atoms with Crippen LogP contribution < -0.4 is 5.32 Å². The second-order valence-electron chi connectivity index (χ2n) is 3.10. The van der Waals surface area contributed by atoms with Crippen molar-refractivity contribution < 1.29 is 32.5 Å². The summed E-state index contributed by atoms with van der Waals surface area (Å²) in [5.74, 6) is -0.624. The summed E-state index contributed by atoms with van der Waals surface area (Å²) in [6.07, 6.45) is 0. The number of nitrogens with one attached hydrogen (secondary N) is 1. The number of Topliss-reactive ketones (excluding diaryl/α,β-unsaturated/α-hetero) is 1. The van der Waals surface area contributed by atoms with Gasteiger partial charge in [0.15, 0.2) is 17.3 Å². The van der Waals surface area contributed by atoms with E-state index < -0.39 is 10.4 Å². The van der Waals surface area contributed by atoms with Crippen LogP contribution in [-0.4, -0.2) is 47.1 Å². The Balaban J connectivity index is 0.000000494. The van der Waals surface area contributed by atoms with Crippen LogP contribution in [0.15, 0.2) is 18.2 Å². The zero-order valence-corrected chi connectivity index (χ0v) is 10.2. The second kappa shape index (κ2) is 6.91. The van der Waals surface area contributed by atoms with Crippen molar-refractivity contribution in [3.8, 4) is 11.5 Å². The molecule has 0 atom stereocenters. The molecule has 0 aromatic heterocycles. The number of phenols is 2. The fraction of sp³-hybridized carbons (Fsp3) is 0.222. The van der Waals surface area contributed by atoms with Crippen molar-refractivity contribution in [1.82, 2.24) is 5.32 Å². The molecule has 0 radical (unpaired) electrons. The molecule has 0 fully saturated rings. The van der Waals surface area contributed by atoms with E-state index in [0.29, 0.717) is 5.56 Å². The molecule has 0 spiro atoms. The van der Waals surface area contributed by atoms with E-state index in [4.69, 9.17) is 27.7 Å². The van der Waals surface area contributed by atoms with Crippen molar-refractivity contribution in [2.75, 3.05) is 13.6 Å². The third kappa shape index (κ3) is 7.57. The molecule has 5 N–H and O–H groups in total. The third-order valence-corrected chi connectivity index (χ3v) is 1.63. The molecule has 1 aromatic carbocycles. The maximum Gasteiger partial charge on any atom is 0.394 e. The average Bonchev–Trinajstić information content (AvgIpc) is 2.20. The van der Waals surface area contributed by atoms with Gasteiger partial charge in [-0.25, -0.2) is 0 Å². The molecule has 0 aliphatic heterocycles. The molecule has 0 saturated heterocycles. The zero-order valence-electron chi connectivity index (χ0n) is 9.36. The lowest BCUT2D eigenvalue weighted by atomic mass is 10.1. The highest BCUT2D eigenvalue weighted by Gasteiger charge is 2.07. The van der Waals surface area contributed by atoms with Gasteiger partial charge in [0, 0.05) is 5.56 Å². The summed E-state index contributed by atoms with van der Waals surface area (Å²) < 4.78 is 31.6. The van der Waals surface area contributed by atoms with E-state index in [1.807, 2.05) is 0 Å². The first-order valence-electron chi connectivity index (χ1n) is 4.54. The van der Waals surface area contributed by atoms with E-state index in [1.165, 1.54) is 18.2 Å². The van der Waals surface area contributed by atoms with Crippen molar-refractivity contribution in [3.63, 3.8) is 0 Å². The summed E-state index contributed by atoms with van der Waals surface area (Å²) in [5.41, 5.74) is 0.379. The highest BCUT2D eigenvalue weighted by Crippen LogP contribution is 2.24. The summed E-state index contributed by atoms with van der Waals surface area (Å²) in [6.45, 7) is 0.213. The molecular weight excluding hydrogens is 266 g/mol. The summed E-state index contributed by atoms with van der Waals surface area (Å²) in [5, 5.41) is 20.8. The van der Waals surface area contributed by atoms with Gasteiger partial charge >= 0.3 is 10.4 Å². The molecule has 1 rings (SSSR count). The van der Waals surface area contributed by atoms with Crippen molar-refractivity contribution in [3.05, 3.63) is 23.8 Å². The Morgan fingerprint density at radius 3 is 2.11 bits per heavy atom. The maximum absolute atomic E-state index is 11.3. The predicted molar refractivity (Wildman–Crippen MR) is 62.2 cm³/mol. The molecule has 18 heavy (non-hydrogen) atoms. The van der Waals surface area contributed by atoms with Gasteiger partial charge in [0.1, 0.15) is 0 Å². The van der Waals surface area contributed by atoms with Gasteiger partial charge in [-0.1, -0.05) is 0 Å². The molecule has 9 heteroatoms.